The van der Waals surface area contributed by atoms with Gasteiger partial charge in [0.15, 0.2) is 0 Å². The molecule has 0 aromatic heterocycles. The Labute approximate surface area is 123 Å². The van der Waals surface area contributed by atoms with Crippen LogP contribution in [0.4, 0.5) is 10.1 Å². The van der Waals surface area contributed by atoms with Gasteiger partial charge < -0.3 is 5.73 Å². The summed E-state index contributed by atoms with van der Waals surface area (Å²) in [5.74, 6) is -0.598. The number of thioether (sulfide) groups is 1. The van der Waals surface area contributed by atoms with Crippen LogP contribution in [0.5, 0.6) is 0 Å². The van der Waals surface area contributed by atoms with E-state index in [1.54, 1.807) is 11.8 Å². The van der Waals surface area contributed by atoms with E-state index in [0.29, 0.717) is 5.25 Å². The molecule has 2 rings (SSSR count). The van der Waals surface area contributed by atoms with Crippen LogP contribution in [0.15, 0.2) is 17.0 Å². The van der Waals surface area contributed by atoms with Gasteiger partial charge in [0, 0.05) is 22.5 Å². The fourth-order valence-corrected chi connectivity index (χ4v) is 4.87. The molecule has 20 heavy (non-hydrogen) atoms. The molecule has 1 fully saturated rings. The summed E-state index contributed by atoms with van der Waals surface area (Å²) in [4.78, 5) is -0.0670. The maximum atomic E-state index is 13.6. The molecule has 0 bridgehead atoms. The number of nitrogens with one attached hydrogen (secondary N) is 1. The highest BCUT2D eigenvalue weighted by Gasteiger charge is 2.29. The van der Waals surface area contributed by atoms with E-state index in [-0.39, 0.29) is 22.2 Å². The van der Waals surface area contributed by atoms with Crippen molar-refractivity contribution in [1.82, 2.24) is 4.72 Å². The van der Waals surface area contributed by atoms with Gasteiger partial charge in [-0.05, 0) is 44.6 Å². The van der Waals surface area contributed by atoms with Crippen molar-refractivity contribution in [1.29, 1.82) is 0 Å². The molecule has 1 saturated carbocycles. The fourth-order valence-electron chi connectivity index (χ4n) is 2.50. The number of anilines is 1. The Bertz CT molecular complexity index is 605. The van der Waals surface area contributed by atoms with Crippen molar-refractivity contribution in [2.45, 2.75) is 42.4 Å². The van der Waals surface area contributed by atoms with Crippen molar-refractivity contribution in [3.05, 3.63) is 23.5 Å². The second-order valence-electron chi connectivity index (χ2n) is 5.11. The summed E-state index contributed by atoms with van der Waals surface area (Å²) in [5.41, 5.74) is 5.76. The van der Waals surface area contributed by atoms with Crippen molar-refractivity contribution in [2.75, 3.05) is 12.0 Å². The Hall–Kier alpha value is -0.790. The first kappa shape index (κ1) is 15.6. The first-order valence-corrected chi connectivity index (χ1v) is 9.21. The van der Waals surface area contributed by atoms with E-state index in [4.69, 9.17) is 5.73 Å². The summed E-state index contributed by atoms with van der Waals surface area (Å²) < 4.78 is 41.0. The molecule has 1 aromatic carbocycles. The molecule has 0 spiro atoms. The number of benzene rings is 1. The average Bonchev–Trinajstić information content (AvgIpc) is 2.80. The second-order valence-corrected chi connectivity index (χ2v) is 7.94. The van der Waals surface area contributed by atoms with Gasteiger partial charge >= 0.3 is 0 Å². The van der Waals surface area contributed by atoms with Gasteiger partial charge in [-0.15, -0.1) is 0 Å². The van der Waals surface area contributed by atoms with Gasteiger partial charge in [0.2, 0.25) is 10.0 Å². The predicted molar refractivity (Wildman–Crippen MR) is 80.8 cm³/mol. The molecular weight excluding hydrogens is 299 g/mol. The third kappa shape index (κ3) is 3.27. The number of nitrogens with two attached hydrogens (primary N) is 1. The van der Waals surface area contributed by atoms with Crippen LogP contribution in [0.2, 0.25) is 0 Å². The number of rotatable bonds is 4. The van der Waals surface area contributed by atoms with Crippen molar-refractivity contribution >= 4 is 27.5 Å². The molecule has 7 heteroatoms. The lowest BCUT2D eigenvalue weighted by Crippen LogP contribution is -2.33. The quantitative estimate of drug-likeness (QED) is 0.836. The van der Waals surface area contributed by atoms with Crippen LogP contribution in [0.1, 0.15) is 24.8 Å². The SMILES string of the molecule is CSC1CCC(NS(=O)(=O)c2cc(N)cc(F)c2C)C1. The van der Waals surface area contributed by atoms with Gasteiger partial charge in [0.1, 0.15) is 5.82 Å². The van der Waals surface area contributed by atoms with Crippen LogP contribution in [0.3, 0.4) is 0 Å². The molecule has 0 saturated heterocycles. The zero-order valence-corrected chi connectivity index (χ0v) is 13.2. The van der Waals surface area contributed by atoms with E-state index < -0.39 is 15.8 Å². The summed E-state index contributed by atoms with van der Waals surface area (Å²) in [6, 6.07) is 2.36. The maximum absolute atomic E-state index is 13.6. The number of hydrogen-bond acceptors (Lipinski definition) is 4. The van der Waals surface area contributed by atoms with E-state index in [1.807, 2.05) is 6.26 Å². The first-order chi connectivity index (χ1) is 9.33. The normalized spacial score (nSPS) is 23.1. The number of hydrogen-bond donors (Lipinski definition) is 2. The van der Waals surface area contributed by atoms with Crippen LogP contribution >= 0.6 is 11.8 Å². The van der Waals surface area contributed by atoms with E-state index in [9.17, 15) is 12.8 Å². The molecule has 1 aliphatic rings. The van der Waals surface area contributed by atoms with Crippen LogP contribution < -0.4 is 10.5 Å². The van der Waals surface area contributed by atoms with Crippen molar-refractivity contribution in [3.8, 4) is 0 Å². The summed E-state index contributed by atoms with van der Waals surface area (Å²) in [5, 5.41) is 0.487. The molecule has 0 heterocycles. The highest BCUT2D eigenvalue weighted by molar-refractivity contribution is 7.99. The van der Waals surface area contributed by atoms with E-state index in [2.05, 4.69) is 4.72 Å². The highest BCUT2D eigenvalue weighted by atomic mass is 32.2. The van der Waals surface area contributed by atoms with E-state index >= 15 is 0 Å². The van der Waals surface area contributed by atoms with Gasteiger partial charge in [-0.25, -0.2) is 17.5 Å². The lowest BCUT2D eigenvalue weighted by atomic mass is 10.2. The van der Waals surface area contributed by atoms with Crippen LogP contribution in [-0.2, 0) is 10.0 Å². The molecule has 112 valence electrons. The van der Waals surface area contributed by atoms with E-state index in [1.165, 1.54) is 13.0 Å². The van der Waals surface area contributed by atoms with Crippen molar-refractivity contribution in [3.63, 3.8) is 0 Å². The van der Waals surface area contributed by atoms with Crippen LogP contribution in [0.25, 0.3) is 0 Å². The minimum Gasteiger partial charge on any atom is -0.399 e. The standard InChI is InChI=1S/C13H19FN2O2S2/c1-8-12(14)5-9(15)6-13(8)20(17,18)16-10-3-4-11(7-10)19-2/h5-6,10-11,16H,3-4,7,15H2,1-2H3. The van der Waals surface area contributed by atoms with Crippen LogP contribution in [0, 0.1) is 12.7 Å². The molecule has 0 amide bonds. The van der Waals surface area contributed by atoms with Gasteiger partial charge in [-0.1, -0.05) is 0 Å². The van der Waals surface area contributed by atoms with Gasteiger partial charge in [-0.3, -0.25) is 0 Å². The summed E-state index contributed by atoms with van der Waals surface area (Å²) in [6.45, 7) is 1.45. The minimum absolute atomic E-state index is 0.0670. The van der Waals surface area contributed by atoms with Gasteiger partial charge in [-0.2, -0.15) is 11.8 Å². The first-order valence-electron chi connectivity index (χ1n) is 6.44. The molecule has 1 aromatic rings. The Balaban J connectivity index is 2.23. The fraction of sp³-hybridized carbons (Fsp3) is 0.538. The predicted octanol–water partition coefficient (Wildman–Crippen LogP) is 2.28. The monoisotopic (exact) mass is 318 g/mol. The highest BCUT2D eigenvalue weighted by Crippen LogP contribution is 2.30. The molecule has 1 aliphatic carbocycles. The molecule has 3 N–H and O–H groups in total. The second kappa shape index (κ2) is 5.91. The summed E-state index contributed by atoms with van der Waals surface area (Å²) in [7, 11) is -3.73. The third-order valence-corrected chi connectivity index (χ3v) is 6.39. The molecule has 4 nitrogen and oxygen atoms in total. The average molecular weight is 318 g/mol. The molecule has 2 atom stereocenters. The number of nitrogen functional groups attached to an aromatic ring is 1. The molecule has 2 unspecified atom stereocenters. The van der Waals surface area contributed by atoms with Crippen LogP contribution in [-0.4, -0.2) is 26.0 Å². The van der Waals surface area contributed by atoms with Gasteiger partial charge in [0.25, 0.3) is 0 Å². The smallest absolute Gasteiger partial charge is 0.241 e. The largest absolute Gasteiger partial charge is 0.399 e. The van der Waals surface area contributed by atoms with E-state index in [0.717, 1.165) is 25.3 Å². The number of halogens is 1. The third-order valence-electron chi connectivity index (χ3n) is 3.65. The zero-order chi connectivity index (χ0) is 14.9. The van der Waals surface area contributed by atoms with Crippen molar-refractivity contribution in [2.24, 2.45) is 0 Å². The molecule has 0 aliphatic heterocycles. The molecule has 0 radical (unpaired) electrons. The lowest BCUT2D eigenvalue weighted by Gasteiger charge is -2.15. The topological polar surface area (TPSA) is 72.2 Å². The summed E-state index contributed by atoms with van der Waals surface area (Å²) in [6.07, 6.45) is 4.65. The zero-order valence-electron chi connectivity index (χ0n) is 11.5. The summed E-state index contributed by atoms with van der Waals surface area (Å²) >= 11 is 1.75. The lowest BCUT2D eigenvalue weighted by molar-refractivity contribution is 0.549. The number of sulfonamides is 1. The molecular formula is C13H19FN2O2S2. The maximum Gasteiger partial charge on any atom is 0.241 e. The van der Waals surface area contributed by atoms with Crippen molar-refractivity contribution < 1.29 is 12.8 Å². The Morgan fingerprint density at radius 3 is 2.70 bits per heavy atom. The Kier molecular flexibility index (Phi) is 4.61. The Morgan fingerprint density at radius 2 is 2.10 bits per heavy atom. The Morgan fingerprint density at radius 1 is 1.40 bits per heavy atom. The minimum atomic E-state index is -3.73. The van der Waals surface area contributed by atoms with Gasteiger partial charge in [0.05, 0.1) is 4.90 Å².